The van der Waals surface area contributed by atoms with Gasteiger partial charge in [0, 0.05) is 17.1 Å². The number of nitrogens with one attached hydrogen (secondary N) is 1. The Kier molecular flexibility index (Phi) is 4.61. The minimum Gasteiger partial charge on any atom is -0.489 e. The van der Waals surface area contributed by atoms with Crippen molar-refractivity contribution >= 4 is 15.9 Å². The minimum atomic E-state index is 0.609. The van der Waals surface area contributed by atoms with Gasteiger partial charge in [-0.25, -0.2) is 0 Å². The molecule has 2 aromatic rings. The second-order valence-corrected chi connectivity index (χ2v) is 6.53. The van der Waals surface area contributed by atoms with Crippen molar-refractivity contribution in [2.24, 2.45) is 0 Å². The van der Waals surface area contributed by atoms with Crippen LogP contribution in [0, 0.1) is 6.92 Å². The molecule has 0 radical (unpaired) electrons. The Hall–Kier alpha value is -1.32. The van der Waals surface area contributed by atoms with Crippen LogP contribution in [0.15, 0.2) is 46.9 Å². The molecule has 1 fully saturated rings. The van der Waals surface area contributed by atoms with Crippen LogP contribution in [-0.4, -0.2) is 6.04 Å². The molecule has 1 aliphatic rings. The van der Waals surface area contributed by atoms with Gasteiger partial charge in [-0.05, 0) is 54.7 Å². The maximum absolute atomic E-state index is 5.84. The van der Waals surface area contributed by atoms with Crippen molar-refractivity contribution in [3.05, 3.63) is 63.6 Å². The predicted molar refractivity (Wildman–Crippen MR) is 89.5 cm³/mol. The highest BCUT2D eigenvalue weighted by Gasteiger charge is 2.19. The molecule has 2 aromatic carbocycles. The molecule has 3 rings (SSSR count). The molecule has 0 saturated heterocycles. The maximum Gasteiger partial charge on any atom is 0.120 e. The van der Waals surface area contributed by atoms with Gasteiger partial charge in [0.2, 0.25) is 0 Å². The van der Waals surface area contributed by atoms with E-state index in [1.807, 2.05) is 12.1 Å². The number of ether oxygens (including phenoxy) is 1. The van der Waals surface area contributed by atoms with Crippen molar-refractivity contribution in [1.82, 2.24) is 5.32 Å². The molecule has 0 spiro atoms. The van der Waals surface area contributed by atoms with Crippen LogP contribution >= 0.6 is 15.9 Å². The van der Waals surface area contributed by atoms with E-state index in [1.165, 1.54) is 29.5 Å². The molecule has 0 aromatic heterocycles. The molecular weight excluding hydrogens is 326 g/mol. The topological polar surface area (TPSA) is 21.3 Å². The van der Waals surface area contributed by atoms with Crippen LogP contribution in [0.25, 0.3) is 0 Å². The van der Waals surface area contributed by atoms with Gasteiger partial charge >= 0.3 is 0 Å². The zero-order chi connectivity index (χ0) is 14.7. The highest BCUT2D eigenvalue weighted by Crippen LogP contribution is 2.22. The SMILES string of the molecule is Cc1cc(OCc2ccc(CNC3CC3)cc2)ccc1Br. The molecule has 0 aliphatic heterocycles. The Labute approximate surface area is 134 Å². The molecule has 0 bridgehead atoms. The van der Waals surface area contributed by atoms with Gasteiger partial charge in [0.1, 0.15) is 12.4 Å². The van der Waals surface area contributed by atoms with E-state index in [0.717, 1.165) is 22.8 Å². The van der Waals surface area contributed by atoms with Gasteiger partial charge < -0.3 is 10.1 Å². The van der Waals surface area contributed by atoms with Gasteiger partial charge in [0.05, 0.1) is 0 Å². The van der Waals surface area contributed by atoms with E-state index in [-0.39, 0.29) is 0 Å². The van der Waals surface area contributed by atoms with Crippen molar-refractivity contribution in [3.8, 4) is 5.75 Å². The van der Waals surface area contributed by atoms with Gasteiger partial charge in [-0.1, -0.05) is 40.2 Å². The van der Waals surface area contributed by atoms with E-state index < -0.39 is 0 Å². The Balaban J connectivity index is 1.53. The van der Waals surface area contributed by atoms with E-state index in [0.29, 0.717) is 6.61 Å². The number of benzene rings is 2. The summed E-state index contributed by atoms with van der Waals surface area (Å²) in [6.07, 6.45) is 2.66. The van der Waals surface area contributed by atoms with E-state index >= 15 is 0 Å². The van der Waals surface area contributed by atoms with Gasteiger partial charge in [-0.3, -0.25) is 0 Å². The van der Waals surface area contributed by atoms with Crippen LogP contribution in [0.4, 0.5) is 0 Å². The lowest BCUT2D eigenvalue weighted by molar-refractivity contribution is 0.306. The van der Waals surface area contributed by atoms with Crippen LogP contribution in [-0.2, 0) is 13.2 Å². The summed E-state index contributed by atoms with van der Waals surface area (Å²) in [5.41, 5.74) is 3.73. The van der Waals surface area contributed by atoms with Crippen LogP contribution in [0.3, 0.4) is 0 Å². The molecule has 1 aliphatic carbocycles. The average Bonchev–Trinajstić information content (AvgIpc) is 3.32. The van der Waals surface area contributed by atoms with E-state index in [2.05, 4.69) is 58.5 Å². The summed E-state index contributed by atoms with van der Waals surface area (Å²) in [6, 6.07) is 15.5. The summed E-state index contributed by atoms with van der Waals surface area (Å²) in [5.74, 6) is 0.912. The van der Waals surface area contributed by atoms with Crippen molar-refractivity contribution in [3.63, 3.8) is 0 Å². The molecule has 1 saturated carbocycles. The van der Waals surface area contributed by atoms with Gasteiger partial charge in [0.15, 0.2) is 0 Å². The summed E-state index contributed by atoms with van der Waals surface area (Å²) < 4.78 is 6.95. The van der Waals surface area contributed by atoms with E-state index in [9.17, 15) is 0 Å². The molecule has 0 unspecified atom stereocenters. The largest absolute Gasteiger partial charge is 0.489 e. The number of rotatable bonds is 6. The first-order valence-electron chi connectivity index (χ1n) is 7.41. The lowest BCUT2D eigenvalue weighted by Gasteiger charge is -2.09. The zero-order valence-electron chi connectivity index (χ0n) is 12.2. The molecule has 0 amide bonds. The molecule has 0 heterocycles. The first-order valence-corrected chi connectivity index (χ1v) is 8.20. The first-order chi connectivity index (χ1) is 10.2. The molecule has 0 atom stereocenters. The fourth-order valence-corrected chi connectivity index (χ4v) is 2.42. The molecule has 3 heteroatoms. The van der Waals surface area contributed by atoms with Gasteiger partial charge in [0.25, 0.3) is 0 Å². The van der Waals surface area contributed by atoms with Crippen molar-refractivity contribution in [2.45, 2.75) is 39.0 Å². The van der Waals surface area contributed by atoms with Gasteiger partial charge in [-0.2, -0.15) is 0 Å². The van der Waals surface area contributed by atoms with Crippen molar-refractivity contribution < 1.29 is 4.74 Å². The third kappa shape index (κ3) is 4.32. The Morgan fingerprint density at radius 2 is 1.81 bits per heavy atom. The Bertz CT molecular complexity index is 605. The average molecular weight is 346 g/mol. The van der Waals surface area contributed by atoms with Crippen LogP contribution in [0.2, 0.25) is 0 Å². The lowest BCUT2D eigenvalue weighted by Crippen LogP contribution is -2.15. The highest BCUT2D eigenvalue weighted by molar-refractivity contribution is 9.10. The minimum absolute atomic E-state index is 0.609. The Morgan fingerprint density at radius 3 is 2.48 bits per heavy atom. The molecule has 2 nitrogen and oxygen atoms in total. The monoisotopic (exact) mass is 345 g/mol. The number of hydrogen-bond acceptors (Lipinski definition) is 2. The lowest BCUT2D eigenvalue weighted by atomic mass is 10.1. The smallest absolute Gasteiger partial charge is 0.120 e. The Morgan fingerprint density at radius 1 is 1.10 bits per heavy atom. The summed E-state index contributed by atoms with van der Waals surface area (Å²) in [7, 11) is 0. The molecule has 1 N–H and O–H groups in total. The maximum atomic E-state index is 5.84. The van der Waals surface area contributed by atoms with Crippen LogP contribution in [0.1, 0.15) is 29.5 Å². The number of aryl methyl sites for hydroxylation is 1. The van der Waals surface area contributed by atoms with E-state index in [1.54, 1.807) is 0 Å². The standard InChI is InChI=1S/C18H20BrNO/c1-13-10-17(8-9-18(13)19)21-12-15-4-2-14(3-5-15)11-20-16-6-7-16/h2-5,8-10,16,20H,6-7,11-12H2,1H3. The van der Waals surface area contributed by atoms with Gasteiger partial charge in [-0.15, -0.1) is 0 Å². The second-order valence-electron chi connectivity index (χ2n) is 5.67. The third-order valence-electron chi connectivity index (χ3n) is 3.73. The number of hydrogen-bond donors (Lipinski definition) is 1. The first kappa shape index (κ1) is 14.6. The summed E-state index contributed by atoms with van der Waals surface area (Å²) in [6.45, 7) is 3.65. The second kappa shape index (κ2) is 6.63. The molecule has 110 valence electrons. The number of halogens is 1. The van der Waals surface area contributed by atoms with Crippen molar-refractivity contribution in [1.29, 1.82) is 0 Å². The highest BCUT2D eigenvalue weighted by atomic mass is 79.9. The summed E-state index contributed by atoms with van der Waals surface area (Å²) in [4.78, 5) is 0. The molecule has 21 heavy (non-hydrogen) atoms. The van der Waals surface area contributed by atoms with Crippen LogP contribution in [0.5, 0.6) is 5.75 Å². The van der Waals surface area contributed by atoms with Crippen molar-refractivity contribution in [2.75, 3.05) is 0 Å². The normalized spacial score (nSPS) is 14.2. The molecular formula is C18H20BrNO. The third-order valence-corrected chi connectivity index (χ3v) is 4.62. The fourth-order valence-electron chi connectivity index (χ4n) is 2.18. The summed E-state index contributed by atoms with van der Waals surface area (Å²) >= 11 is 3.50. The van der Waals surface area contributed by atoms with E-state index in [4.69, 9.17) is 4.74 Å². The summed E-state index contributed by atoms with van der Waals surface area (Å²) in [5, 5.41) is 3.53. The fraction of sp³-hybridized carbons (Fsp3) is 0.333. The quantitative estimate of drug-likeness (QED) is 0.826. The zero-order valence-corrected chi connectivity index (χ0v) is 13.8. The predicted octanol–water partition coefficient (Wildman–Crippen LogP) is 4.59. The van der Waals surface area contributed by atoms with Crippen LogP contribution < -0.4 is 10.1 Å².